The molecule has 5 nitrogen and oxygen atoms in total. The number of ether oxygens (including phenoxy) is 3. The maximum atomic E-state index is 15.0. The molecule has 0 atom stereocenters. The van der Waals surface area contributed by atoms with Crippen molar-refractivity contribution in [2.45, 2.75) is 6.92 Å². The van der Waals surface area contributed by atoms with Crippen LogP contribution in [0.3, 0.4) is 0 Å². The molecule has 3 rings (SSSR count). The zero-order valence-corrected chi connectivity index (χ0v) is 17.8. The van der Waals surface area contributed by atoms with Crippen molar-refractivity contribution in [1.29, 1.82) is 0 Å². The van der Waals surface area contributed by atoms with E-state index >= 15 is 0 Å². The standard InChI is InChI=1S/C26H25FO5/c1-18(2)26(29)32-16-15-31-25-6-4-3-5-23(25)20-9-12-22(24(27)17-20)19-7-10-21(11-8-19)30-14-13-28/h3-12,17,28H,1,13-16H2,2H3. The van der Waals surface area contributed by atoms with Crippen molar-refractivity contribution in [2.75, 3.05) is 26.4 Å². The van der Waals surface area contributed by atoms with E-state index in [1.165, 1.54) is 6.07 Å². The zero-order chi connectivity index (χ0) is 22.9. The van der Waals surface area contributed by atoms with E-state index in [0.717, 1.165) is 5.56 Å². The van der Waals surface area contributed by atoms with Gasteiger partial charge in [0.2, 0.25) is 0 Å². The highest BCUT2D eigenvalue weighted by atomic mass is 19.1. The van der Waals surface area contributed by atoms with Gasteiger partial charge in [-0.25, -0.2) is 9.18 Å². The fourth-order valence-corrected chi connectivity index (χ4v) is 3.05. The predicted octanol–water partition coefficient (Wildman–Crippen LogP) is 5.03. The van der Waals surface area contributed by atoms with Gasteiger partial charge in [-0.15, -0.1) is 0 Å². The third-order valence-corrected chi connectivity index (χ3v) is 4.62. The maximum absolute atomic E-state index is 15.0. The number of aliphatic hydroxyl groups excluding tert-OH is 1. The van der Waals surface area contributed by atoms with Crippen molar-refractivity contribution in [3.05, 3.63) is 84.7 Å². The Balaban J connectivity index is 1.73. The lowest BCUT2D eigenvalue weighted by molar-refractivity contribution is -0.139. The van der Waals surface area contributed by atoms with Gasteiger partial charge >= 0.3 is 5.97 Å². The van der Waals surface area contributed by atoms with Crippen molar-refractivity contribution in [3.8, 4) is 33.8 Å². The van der Waals surface area contributed by atoms with Gasteiger partial charge in [-0.1, -0.05) is 49.0 Å². The SMILES string of the molecule is C=C(C)C(=O)OCCOc1ccccc1-c1ccc(-c2ccc(OCCO)cc2)c(F)c1. The highest BCUT2D eigenvalue weighted by Gasteiger charge is 2.11. The molecule has 6 heteroatoms. The van der Waals surface area contributed by atoms with Gasteiger partial charge in [0.05, 0.1) is 6.61 Å². The summed E-state index contributed by atoms with van der Waals surface area (Å²) in [6.07, 6.45) is 0. The van der Waals surface area contributed by atoms with Crippen molar-refractivity contribution >= 4 is 5.97 Å². The number of hydrogen-bond donors (Lipinski definition) is 1. The Morgan fingerprint density at radius 2 is 1.62 bits per heavy atom. The fourth-order valence-electron chi connectivity index (χ4n) is 3.05. The second-order valence-electron chi connectivity index (χ2n) is 7.05. The molecule has 32 heavy (non-hydrogen) atoms. The average molecular weight is 436 g/mol. The molecule has 0 saturated carbocycles. The van der Waals surface area contributed by atoms with E-state index in [-0.39, 0.29) is 32.2 Å². The molecule has 1 N–H and O–H groups in total. The first-order valence-corrected chi connectivity index (χ1v) is 10.2. The number of benzene rings is 3. The van der Waals surface area contributed by atoms with E-state index < -0.39 is 5.97 Å². The lowest BCUT2D eigenvalue weighted by Gasteiger charge is -2.13. The Bertz CT molecular complexity index is 1080. The van der Waals surface area contributed by atoms with Gasteiger partial charge in [0.25, 0.3) is 0 Å². The molecular weight excluding hydrogens is 411 g/mol. The van der Waals surface area contributed by atoms with Gasteiger partial charge in [-0.3, -0.25) is 0 Å². The normalized spacial score (nSPS) is 10.5. The van der Waals surface area contributed by atoms with Gasteiger partial charge in [-0.2, -0.15) is 0 Å². The molecule has 0 aromatic heterocycles. The molecule has 166 valence electrons. The summed E-state index contributed by atoms with van der Waals surface area (Å²) in [5.41, 5.74) is 2.91. The summed E-state index contributed by atoms with van der Waals surface area (Å²) in [6.45, 7) is 5.51. The van der Waals surface area contributed by atoms with Crippen LogP contribution in [0.4, 0.5) is 4.39 Å². The molecule has 0 amide bonds. The molecule has 0 saturated heterocycles. The minimum atomic E-state index is -0.465. The summed E-state index contributed by atoms with van der Waals surface area (Å²) in [5, 5.41) is 8.83. The van der Waals surface area contributed by atoms with Crippen molar-refractivity contribution < 1.29 is 28.5 Å². The van der Waals surface area contributed by atoms with Gasteiger partial charge < -0.3 is 19.3 Å². The number of rotatable bonds is 10. The molecular formula is C26H25FO5. The Hall–Kier alpha value is -3.64. The molecule has 0 aliphatic rings. The summed E-state index contributed by atoms with van der Waals surface area (Å²) in [7, 11) is 0. The molecule has 0 aliphatic heterocycles. The number of para-hydroxylation sites is 1. The van der Waals surface area contributed by atoms with E-state index in [1.54, 1.807) is 43.3 Å². The molecule has 0 fully saturated rings. The van der Waals surface area contributed by atoms with Crippen LogP contribution in [0, 0.1) is 5.82 Å². The van der Waals surface area contributed by atoms with Crippen LogP contribution in [0.5, 0.6) is 11.5 Å². The number of aliphatic hydroxyl groups is 1. The first-order chi connectivity index (χ1) is 15.5. The highest BCUT2D eigenvalue weighted by Crippen LogP contribution is 2.33. The summed E-state index contributed by atoms with van der Waals surface area (Å²) in [4.78, 5) is 11.5. The number of carbonyl (C=O) groups excluding carboxylic acids is 1. The van der Waals surface area contributed by atoms with E-state index in [9.17, 15) is 9.18 Å². The molecule has 0 bridgehead atoms. The van der Waals surface area contributed by atoms with Gasteiger partial charge in [0, 0.05) is 16.7 Å². The van der Waals surface area contributed by atoms with E-state index in [1.807, 2.05) is 24.3 Å². The van der Waals surface area contributed by atoms with Crippen LogP contribution in [0.1, 0.15) is 6.92 Å². The Kier molecular flexibility index (Phi) is 8.00. The predicted molar refractivity (Wildman–Crippen MR) is 121 cm³/mol. The highest BCUT2D eigenvalue weighted by molar-refractivity contribution is 5.86. The van der Waals surface area contributed by atoms with Crippen molar-refractivity contribution in [1.82, 2.24) is 0 Å². The van der Waals surface area contributed by atoms with Crippen LogP contribution in [0.15, 0.2) is 78.9 Å². The molecule has 3 aromatic carbocycles. The average Bonchev–Trinajstić information content (AvgIpc) is 2.81. The molecule has 0 spiro atoms. The maximum Gasteiger partial charge on any atom is 0.333 e. The fraction of sp³-hybridized carbons (Fsp3) is 0.192. The number of halogens is 1. The second-order valence-corrected chi connectivity index (χ2v) is 7.05. The summed E-state index contributed by atoms with van der Waals surface area (Å²) in [6, 6.07) is 19.3. The van der Waals surface area contributed by atoms with Crippen LogP contribution in [0.2, 0.25) is 0 Å². The van der Waals surface area contributed by atoms with Crippen LogP contribution in [-0.4, -0.2) is 37.5 Å². The van der Waals surface area contributed by atoms with Crippen molar-refractivity contribution in [2.24, 2.45) is 0 Å². The summed E-state index contributed by atoms with van der Waals surface area (Å²) in [5.74, 6) is 0.348. The zero-order valence-electron chi connectivity index (χ0n) is 17.8. The van der Waals surface area contributed by atoms with Crippen LogP contribution in [-0.2, 0) is 9.53 Å². The molecule has 0 unspecified atom stereocenters. The smallest absolute Gasteiger partial charge is 0.333 e. The largest absolute Gasteiger partial charge is 0.491 e. The van der Waals surface area contributed by atoms with Crippen molar-refractivity contribution in [3.63, 3.8) is 0 Å². The number of esters is 1. The lowest BCUT2D eigenvalue weighted by atomic mass is 9.99. The monoisotopic (exact) mass is 436 g/mol. The van der Waals surface area contributed by atoms with Crippen LogP contribution in [0.25, 0.3) is 22.3 Å². The first kappa shape index (κ1) is 23.0. The Labute approximate surface area is 186 Å². The summed E-state index contributed by atoms with van der Waals surface area (Å²) >= 11 is 0. The minimum absolute atomic E-state index is 0.0668. The number of hydrogen-bond acceptors (Lipinski definition) is 5. The molecule has 3 aromatic rings. The minimum Gasteiger partial charge on any atom is -0.491 e. The first-order valence-electron chi connectivity index (χ1n) is 10.2. The number of carbonyl (C=O) groups is 1. The second kappa shape index (κ2) is 11.1. The quantitative estimate of drug-likeness (QED) is 0.274. The van der Waals surface area contributed by atoms with E-state index in [4.69, 9.17) is 19.3 Å². The summed E-state index contributed by atoms with van der Waals surface area (Å²) < 4.78 is 31.1. The third-order valence-electron chi connectivity index (χ3n) is 4.62. The lowest BCUT2D eigenvalue weighted by Crippen LogP contribution is -2.12. The molecule has 0 heterocycles. The molecule has 0 radical (unpaired) electrons. The Morgan fingerprint density at radius 1 is 0.906 bits per heavy atom. The Morgan fingerprint density at radius 3 is 2.31 bits per heavy atom. The topological polar surface area (TPSA) is 65.0 Å². The van der Waals surface area contributed by atoms with Gasteiger partial charge in [-0.05, 0) is 42.3 Å². The van der Waals surface area contributed by atoms with E-state index in [0.29, 0.717) is 33.8 Å². The van der Waals surface area contributed by atoms with Crippen LogP contribution < -0.4 is 9.47 Å². The van der Waals surface area contributed by atoms with Gasteiger partial charge in [0.15, 0.2) is 0 Å². The van der Waals surface area contributed by atoms with Gasteiger partial charge in [0.1, 0.15) is 37.1 Å². The van der Waals surface area contributed by atoms with Crippen LogP contribution >= 0.6 is 0 Å². The van der Waals surface area contributed by atoms with E-state index in [2.05, 4.69) is 6.58 Å². The third kappa shape index (κ3) is 5.95. The molecule has 0 aliphatic carbocycles.